The average Bonchev–Trinajstić information content (AvgIpc) is 2.75. The fourth-order valence-corrected chi connectivity index (χ4v) is 5.50. The molecule has 206 valence electrons. The summed E-state index contributed by atoms with van der Waals surface area (Å²) in [7, 11) is 1.09. The summed E-state index contributed by atoms with van der Waals surface area (Å²) in [5.41, 5.74) is 0. The van der Waals surface area contributed by atoms with Gasteiger partial charge in [0.1, 0.15) is 12.6 Å². The van der Waals surface area contributed by atoms with Crippen molar-refractivity contribution in [2.45, 2.75) is 128 Å². The number of likely N-dealkylation sites (N-methyl/N-ethyl adjacent to an activating group) is 1. The van der Waals surface area contributed by atoms with Crippen LogP contribution in [-0.2, 0) is 9.30 Å². The highest BCUT2D eigenvalue weighted by atomic mass is 31.2. The molecule has 0 spiro atoms. The van der Waals surface area contributed by atoms with Crippen LogP contribution in [0.5, 0.6) is 0 Å². The quantitative estimate of drug-likeness (QED) is 0.0766. The molecule has 0 fully saturated rings. The van der Waals surface area contributed by atoms with Crippen LogP contribution in [0.3, 0.4) is 0 Å². The molecule has 0 aromatic carbocycles. The second-order valence-corrected chi connectivity index (χ2v) is 12.8. The van der Waals surface area contributed by atoms with Gasteiger partial charge in [0.15, 0.2) is 5.34 Å². The summed E-state index contributed by atoms with van der Waals surface area (Å²) >= 11 is 0. The lowest BCUT2D eigenvalue weighted by Gasteiger charge is -2.38. The molecule has 0 saturated heterocycles. The zero-order chi connectivity index (χ0) is 25.9. The lowest BCUT2D eigenvalue weighted by Crippen LogP contribution is -2.49. The fraction of sp³-hybridized carbons (Fsp3) is 1.00. The second kappa shape index (κ2) is 19.1. The number of rotatable bonds is 24. The van der Waals surface area contributed by atoms with E-state index in [-0.39, 0.29) is 13.0 Å². The summed E-state index contributed by atoms with van der Waals surface area (Å²) in [6, 6.07) is 0. The monoisotopic (exact) mass is 510 g/mol. The van der Waals surface area contributed by atoms with Gasteiger partial charge in [-0.2, -0.15) is 0 Å². The summed E-state index contributed by atoms with van der Waals surface area (Å²) in [6.45, 7) is 2.16. The molecule has 0 heterocycles. The number of quaternary nitrogens is 1. The highest BCUT2D eigenvalue weighted by Gasteiger charge is 2.53. The smallest absolute Gasteiger partial charge is 0.359 e. The van der Waals surface area contributed by atoms with Crippen LogP contribution in [0.25, 0.3) is 0 Å². The van der Waals surface area contributed by atoms with Crippen molar-refractivity contribution >= 4 is 7.60 Å². The Bertz CT molecular complexity index is 522. The van der Waals surface area contributed by atoms with Crippen LogP contribution in [-0.4, -0.2) is 76.8 Å². The molecule has 0 saturated carbocycles. The van der Waals surface area contributed by atoms with Crippen LogP contribution in [0.4, 0.5) is 0 Å². The first-order valence-electron chi connectivity index (χ1n) is 13.8. The third-order valence-electron chi connectivity index (χ3n) is 6.69. The molecule has 0 aliphatic rings. The Morgan fingerprint density at radius 3 is 1.47 bits per heavy atom. The maximum Gasteiger partial charge on any atom is 0.359 e. The maximum absolute atomic E-state index is 12.3. The van der Waals surface area contributed by atoms with E-state index in [1.54, 1.807) is 0 Å². The Morgan fingerprint density at radius 1 is 0.765 bits per heavy atom. The van der Waals surface area contributed by atoms with Crippen molar-refractivity contribution < 1.29 is 33.8 Å². The third-order valence-corrected chi connectivity index (χ3v) is 8.33. The van der Waals surface area contributed by atoms with Gasteiger partial charge in [-0.3, -0.25) is 4.57 Å². The SMILES string of the molecule is CCCCCCCCCCCCCCCCCCC(OCC[N+](C)(C)C)(C(O)CO)P(=O)(O)O. The predicted molar refractivity (Wildman–Crippen MR) is 141 cm³/mol. The molecule has 2 unspecified atom stereocenters. The van der Waals surface area contributed by atoms with Crippen molar-refractivity contribution in [3.8, 4) is 0 Å². The molecule has 7 nitrogen and oxygen atoms in total. The molecule has 0 radical (unpaired) electrons. The van der Waals surface area contributed by atoms with Gasteiger partial charge in [-0.25, -0.2) is 0 Å². The number of hydrogen-bond donors (Lipinski definition) is 4. The molecular weight excluding hydrogens is 453 g/mol. The molecule has 0 aliphatic heterocycles. The van der Waals surface area contributed by atoms with E-state index in [2.05, 4.69) is 6.92 Å². The van der Waals surface area contributed by atoms with E-state index < -0.39 is 25.6 Å². The summed E-state index contributed by atoms with van der Waals surface area (Å²) in [4.78, 5) is 20.0. The summed E-state index contributed by atoms with van der Waals surface area (Å²) in [5, 5.41) is 17.7. The minimum Gasteiger partial charge on any atom is -0.394 e. The van der Waals surface area contributed by atoms with Crippen molar-refractivity contribution in [2.24, 2.45) is 0 Å². The van der Waals surface area contributed by atoms with E-state index in [4.69, 9.17) is 4.74 Å². The van der Waals surface area contributed by atoms with Gasteiger partial charge < -0.3 is 29.2 Å². The maximum atomic E-state index is 12.3. The molecule has 0 aromatic rings. The molecule has 8 heteroatoms. The molecule has 0 rings (SSSR count). The lowest BCUT2D eigenvalue weighted by atomic mass is 10.0. The van der Waals surface area contributed by atoms with Crippen molar-refractivity contribution in [3.63, 3.8) is 0 Å². The van der Waals surface area contributed by atoms with Gasteiger partial charge in [-0.1, -0.05) is 103 Å². The van der Waals surface area contributed by atoms with Crippen LogP contribution >= 0.6 is 7.60 Å². The Balaban J connectivity index is 4.09. The van der Waals surface area contributed by atoms with Crippen molar-refractivity contribution in [1.29, 1.82) is 0 Å². The van der Waals surface area contributed by atoms with Crippen molar-refractivity contribution in [1.82, 2.24) is 0 Å². The van der Waals surface area contributed by atoms with Gasteiger partial charge in [0, 0.05) is 0 Å². The van der Waals surface area contributed by atoms with Gasteiger partial charge in [0.2, 0.25) is 0 Å². The van der Waals surface area contributed by atoms with Gasteiger partial charge >= 0.3 is 7.60 Å². The summed E-state index contributed by atoms with van der Waals surface area (Å²) in [6.07, 6.45) is 17.9. The fourth-order valence-electron chi connectivity index (χ4n) is 4.32. The molecule has 0 bridgehead atoms. The highest BCUT2D eigenvalue weighted by Crippen LogP contribution is 2.56. The van der Waals surface area contributed by atoms with E-state index in [1.165, 1.54) is 77.0 Å². The number of hydrogen-bond acceptors (Lipinski definition) is 4. The second-order valence-electron chi connectivity index (χ2n) is 11.0. The topological polar surface area (TPSA) is 107 Å². The average molecular weight is 511 g/mol. The number of nitrogens with zero attached hydrogens (tertiary/aromatic N) is 1. The van der Waals surface area contributed by atoms with Crippen molar-refractivity contribution in [2.75, 3.05) is 40.9 Å². The largest absolute Gasteiger partial charge is 0.394 e. The van der Waals surface area contributed by atoms with Crippen LogP contribution in [0, 0.1) is 0 Å². The van der Waals surface area contributed by atoms with Crippen LogP contribution in [0.1, 0.15) is 116 Å². The predicted octanol–water partition coefficient (Wildman–Crippen LogP) is 5.59. The number of aliphatic hydroxyl groups is 2. The van der Waals surface area contributed by atoms with Gasteiger partial charge in [0.05, 0.1) is 34.4 Å². The molecular formula is C26H57NO6P+. The Hall–Kier alpha value is -0.0100. The Morgan fingerprint density at radius 2 is 1.15 bits per heavy atom. The van der Waals surface area contributed by atoms with E-state index >= 15 is 0 Å². The first-order valence-corrected chi connectivity index (χ1v) is 15.4. The van der Waals surface area contributed by atoms with E-state index in [0.29, 0.717) is 17.4 Å². The molecule has 0 aliphatic carbocycles. The van der Waals surface area contributed by atoms with Crippen LogP contribution < -0.4 is 0 Å². The number of ether oxygens (including phenoxy) is 1. The minimum absolute atomic E-state index is 0.0363. The van der Waals surface area contributed by atoms with E-state index in [9.17, 15) is 24.6 Å². The first kappa shape index (κ1) is 34.0. The number of aliphatic hydroxyl groups excluding tert-OH is 2. The first-order chi connectivity index (χ1) is 16.0. The standard InChI is InChI=1S/C26H56NO6P/c1-5-6-7-8-9-10-11-12-13-14-15-16-17-18-19-20-21-26(25(29)24-28,34(30,31)32)33-23-22-27(2,3)4/h25,28-29H,5-24H2,1-4H3,(H-,30,31,32)/p+1. The molecule has 0 amide bonds. The van der Waals surface area contributed by atoms with E-state index in [0.717, 1.165) is 19.3 Å². The summed E-state index contributed by atoms with van der Waals surface area (Å²) < 4.78 is 18.5. The highest BCUT2D eigenvalue weighted by molar-refractivity contribution is 7.53. The van der Waals surface area contributed by atoms with Crippen LogP contribution in [0.2, 0.25) is 0 Å². The minimum atomic E-state index is -4.79. The van der Waals surface area contributed by atoms with E-state index in [1.807, 2.05) is 21.1 Å². The molecule has 34 heavy (non-hydrogen) atoms. The molecule has 2 atom stereocenters. The third kappa shape index (κ3) is 15.9. The lowest BCUT2D eigenvalue weighted by molar-refractivity contribution is -0.871. The normalized spacial score (nSPS) is 15.4. The number of unbranched alkanes of at least 4 members (excludes halogenated alkanes) is 15. The van der Waals surface area contributed by atoms with Gasteiger partial charge in [0.25, 0.3) is 0 Å². The zero-order valence-electron chi connectivity index (χ0n) is 22.7. The van der Waals surface area contributed by atoms with Crippen LogP contribution in [0.15, 0.2) is 0 Å². The molecule has 0 aromatic heterocycles. The Labute approximate surface area is 210 Å². The summed E-state index contributed by atoms with van der Waals surface area (Å²) in [5.74, 6) is 0. The Kier molecular flexibility index (Phi) is 19.1. The van der Waals surface area contributed by atoms with Crippen molar-refractivity contribution in [3.05, 3.63) is 0 Å². The molecule has 4 N–H and O–H groups in total. The zero-order valence-corrected chi connectivity index (χ0v) is 23.6. The van der Waals surface area contributed by atoms with Gasteiger partial charge in [-0.05, 0) is 12.8 Å². The van der Waals surface area contributed by atoms with Gasteiger partial charge in [-0.15, -0.1) is 0 Å².